The molecule has 0 aromatic heterocycles. The van der Waals surface area contributed by atoms with Gasteiger partial charge in [-0.05, 0) is 22.8 Å². The topological polar surface area (TPSA) is 58.4 Å². The molecule has 0 spiro atoms. The summed E-state index contributed by atoms with van der Waals surface area (Å²) in [5.74, 6) is -0.169. The minimum absolute atomic E-state index is 0.169. The fourth-order valence-corrected chi connectivity index (χ4v) is 2.10. The molecule has 0 aliphatic rings. The zero-order valence-electron chi connectivity index (χ0n) is 11.3. The first kappa shape index (κ1) is 13.5. The van der Waals surface area contributed by atoms with E-state index in [9.17, 15) is 4.79 Å². The van der Waals surface area contributed by atoms with Gasteiger partial charge in [0.1, 0.15) is 0 Å². The number of hydrogen-bond donors (Lipinski definition) is 2. The molecule has 0 aliphatic heterocycles. The molecular formula is C15H19N3O. The van der Waals surface area contributed by atoms with Crippen molar-refractivity contribution in [3.8, 4) is 0 Å². The average Bonchev–Trinajstić information content (AvgIpc) is 2.38. The third-order valence-electron chi connectivity index (χ3n) is 2.99. The van der Waals surface area contributed by atoms with Gasteiger partial charge in [-0.3, -0.25) is 10.2 Å². The zero-order chi connectivity index (χ0) is 13.8. The number of rotatable bonds is 4. The van der Waals surface area contributed by atoms with Gasteiger partial charge in [0.25, 0.3) is 5.91 Å². The van der Waals surface area contributed by atoms with Crippen LogP contribution in [0, 0.1) is 0 Å². The van der Waals surface area contributed by atoms with Gasteiger partial charge in [-0.25, -0.2) is 5.01 Å². The smallest absolute Gasteiger partial charge is 0.251 e. The number of carbonyl (C=O) groups excluding carboxylic acids is 1. The summed E-state index contributed by atoms with van der Waals surface area (Å²) in [4.78, 5) is 11.8. The highest BCUT2D eigenvalue weighted by Crippen LogP contribution is 2.19. The summed E-state index contributed by atoms with van der Waals surface area (Å²) in [7, 11) is 3.53. The number of nitrogens with one attached hydrogen (secondary N) is 1. The summed E-state index contributed by atoms with van der Waals surface area (Å²) in [6.07, 6.45) is 0.529. The minimum Gasteiger partial charge on any atom is -0.320 e. The lowest BCUT2D eigenvalue weighted by Crippen LogP contribution is -2.47. The maximum Gasteiger partial charge on any atom is 0.251 e. The molecule has 1 atom stereocenters. The Bertz CT molecular complexity index is 575. The normalized spacial score (nSPS) is 12.6. The predicted octanol–water partition coefficient (Wildman–Crippen LogP) is 1.30. The number of nitrogens with zero attached hydrogens (tertiary/aromatic N) is 1. The van der Waals surface area contributed by atoms with Gasteiger partial charge in [-0.2, -0.15) is 0 Å². The lowest BCUT2D eigenvalue weighted by Gasteiger charge is -2.17. The van der Waals surface area contributed by atoms with Gasteiger partial charge in [0.2, 0.25) is 0 Å². The van der Waals surface area contributed by atoms with Gasteiger partial charge in [-0.15, -0.1) is 0 Å². The second-order valence-electron chi connectivity index (χ2n) is 4.82. The highest BCUT2D eigenvalue weighted by atomic mass is 16.2. The summed E-state index contributed by atoms with van der Waals surface area (Å²) in [5, 5.41) is 3.92. The van der Waals surface area contributed by atoms with Crippen molar-refractivity contribution in [2.75, 3.05) is 14.1 Å². The number of fused-ring (bicyclic) bond motifs is 1. The van der Waals surface area contributed by atoms with Gasteiger partial charge >= 0.3 is 0 Å². The zero-order valence-corrected chi connectivity index (χ0v) is 11.3. The van der Waals surface area contributed by atoms with Crippen molar-refractivity contribution in [2.24, 2.45) is 5.73 Å². The summed E-state index contributed by atoms with van der Waals surface area (Å²) in [6.45, 7) is 0. The summed E-state index contributed by atoms with van der Waals surface area (Å²) < 4.78 is 0. The number of benzene rings is 2. The average molecular weight is 257 g/mol. The molecular weight excluding hydrogens is 238 g/mol. The Hall–Kier alpha value is -1.91. The third-order valence-corrected chi connectivity index (χ3v) is 2.99. The standard InChI is InChI=1S/C15H19N3O/c1-18(2)17-15(19)14(16)10-12-8-5-7-11-6-3-4-9-13(11)12/h3-9,14H,10,16H2,1-2H3,(H,17,19). The van der Waals surface area contributed by atoms with Crippen LogP contribution in [0.5, 0.6) is 0 Å². The van der Waals surface area contributed by atoms with E-state index in [-0.39, 0.29) is 5.91 Å². The molecule has 2 rings (SSSR count). The van der Waals surface area contributed by atoms with Gasteiger partial charge in [0.05, 0.1) is 6.04 Å². The second kappa shape index (κ2) is 5.82. The Morgan fingerprint density at radius 1 is 1.21 bits per heavy atom. The van der Waals surface area contributed by atoms with Crippen LogP contribution in [0.3, 0.4) is 0 Å². The van der Waals surface area contributed by atoms with E-state index in [0.717, 1.165) is 10.9 Å². The van der Waals surface area contributed by atoms with Gasteiger partial charge in [0.15, 0.2) is 0 Å². The van der Waals surface area contributed by atoms with E-state index in [0.29, 0.717) is 6.42 Å². The largest absolute Gasteiger partial charge is 0.320 e. The van der Waals surface area contributed by atoms with E-state index >= 15 is 0 Å². The molecule has 4 nitrogen and oxygen atoms in total. The van der Waals surface area contributed by atoms with E-state index in [2.05, 4.69) is 23.6 Å². The van der Waals surface area contributed by atoms with Crippen LogP contribution in [-0.4, -0.2) is 31.1 Å². The van der Waals surface area contributed by atoms with E-state index in [1.807, 2.05) is 24.3 Å². The highest BCUT2D eigenvalue weighted by molar-refractivity contribution is 5.87. The lowest BCUT2D eigenvalue weighted by molar-refractivity contribution is -0.126. The molecule has 4 heteroatoms. The van der Waals surface area contributed by atoms with Gasteiger partial charge in [0, 0.05) is 14.1 Å². The molecule has 0 radical (unpaired) electrons. The monoisotopic (exact) mass is 257 g/mol. The van der Waals surface area contributed by atoms with Crippen molar-refractivity contribution in [1.82, 2.24) is 10.4 Å². The summed E-state index contributed by atoms with van der Waals surface area (Å²) in [6, 6.07) is 13.6. The van der Waals surface area contributed by atoms with Crippen molar-refractivity contribution in [1.29, 1.82) is 0 Å². The Morgan fingerprint density at radius 3 is 2.63 bits per heavy atom. The third kappa shape index (κ3) is 3.30. The van der Waals surface area contributed by atoms with E-state index in [1.54, 1.807) is 19.1 Å². The Balaban J connectivity index is 2.19. The minimum atomic E-state index is -0.548. The molecule has 1 amide bonds. The SMILES string of the molecule is CN(C)NC(=O)C(N)Cc1cccc2ccccc12. The molecule has 100 valence electrons. The maximum atomic E-state index is 11.8. The fourth-order valence-electron chi connectivity index (χ4n) is 2.10. The number of hydrazine groups is 1. The molecule has 0 aliphatic carbocycles. The number of hydrogen-bond acceptors (Lipinski definition) is 3. The molecule has 2 aromatic rings. The Morgan fingerprint density at radius 2 is 1.89 bits per heavy atom. The lowest BCUT2D eigenvalue weighted by atomic mass is 9.99. The van der Waals surface area contributed by atoms with Gasteiger partial charge < -0.3 is 5.73 Å². The van der Waals surface area contributed by atoms with E-state index in [1.165, 1.54) is 5.39 Å². The van der Waals surface area contributed by atoms with Crippen molar-refractivity contribution in [3.63, 3.8) is 0 Å². The second-order valence-corrected chi connectivity index (χ2v) is 4.82. The predicted molar refractivity (Wildman–Crippen MR) is 77.5 cm³/mol. The number of nitrogens with two attached hydrogens (primary N) is 1. The molecule has 0 fully saturated rings. The molecule has 19 heavy (non-hydrogen) atoms. The van der Waals surface area contributed by atoms with Crippen LogP contribution >= 0.6 is 0 Å². The van der Waals surface area contributed by atoms with Crippen LogP contribution in [0.1, 0.15) is 5.56 Å². The summed E-state index contributed by atoms with van der Waals surface area (Å²) >= 11 is 0. The molecule has 3 N–H and O–H groups in total. The first-order valence-corrected chi connectivity index (χ1v) is 6.28. The van der Waals surface area contributed by atoms with Crippen molar-refractivity contribution >= 4 is 16.7 Å². The quantitative estimate of drug-likeness (QED) is 0.812. The van der Waals surface area contributed by atoms with E-state index in [4.69, 9.17) is 5.73 Å². The van der Waals surface area contributed by atoms with Crippen molar-refractivity contribution < 1.29 is 4.79 Å². The van der Waals surface area contributed by atoms with Crippen LogP contribution in [-0.2, 0) is 11.2 Å². The van der Waals surface area contributed by atoms with Crippen molar-refractivity contribution in [3.05, 3.63) is 48.0 Å². The Kier molecular flexibility index (Phi) is 4.14. The number of carbonyl (C=O) groups is 1. The van der Waals surface area contributed by atoms with Crippen LogP contribution in [0.15, 0.2) is 42.5 Å². The van der Waals surface area contributed by atoms with Crippen LogP contribution in [0.2, 0.25) is 0 Å². The Labute approximate surface area is 113 Å². The maximum absolute atomic E-state index is 11.8. The molecule has 0 heterocycles. The van der Waals surface area contributed by atoms with Gasteiger partial charge in [-0.1, -0.05) is 42.5 Å². The van der Waals surface area contributed by atoms with Crippen LogP contribution in [0.4, 0.5) is 0 Å². The molecule has 2 aromatic carbocycles. The molecule has 0 bridgehead atoms. The fraction of sp³-hybridized carbons (Fsp3) is 0.267. The van der Waals surface area contributed by atoms with E-state index < -0.39 is 6.04 Å². The molecule has 0 saturated heterocycles. The summed E-state index contributed by atoms with van der Waals surface area (Å²) in [5.41, 5.74) is 9.73. The highest BCUT2D eigenvalue weighted by Gasteiger charge is 2.15. The first-order valence-electron chi connectivity index (χ1n) is 6.28. The molecule has 0 saturated carbocycles. The van der Waals surface area contributed by atoms with Crippen molar-refractivity contribution in [2.45, 2.75) is 12.5 Å². The first-order chi connectivity index (χ1) is 9.08. The number of amides is 1. The van der Waals surface area contributed by atoms with Crippen LogP contribution in [0.25, 0.3) is 10.8 Å². The molecule has 1 unspecified atom stereocenters. The van der Waals surface area contributed by atoms with Crippen LogP contribution < -0.4 is 11.2 Å².